The lowest BCUT2D eigenvalue weighted by Crippen LogP contribution is -2.27. The molecule has 0 heterocycles. The van der Waals surface area contributed by atoms with E-state index in [9.17, 15) is 13.2 Å². The van der Waals surface area contributed by atoms with Gasteiger partial charge in [-0.25, -0.2) is 5.84 Å². The molecule has 0 aliphatic rings. The maximum absolute atomic E-state index is 9.83. The van der Waals surface area contributed by atoms with Crippen molar-refractivity contribution < 1.29 is 21.9 Å². The average Bonchev–Trinajstić information content (AvgIpc) is 2.03. The fourth-order valence-electron chi connectivity index (χ4n) is 0.0589. The first-order valence-corrected chi connectivity index (χ1v) is 3.90. The van der Waals surface area contributed by atoms with Crippen molar-refractivity contribution in [3.8, 4) is 0 Å². The van der Waals surface area contributed by atoms with Crippen LogP contribution in [0.15, 0.2) is 12.7 Å². The van der Waals surface area contributed by atoms with Gasteiger partial charge in [-0.05, 0) is 6.08 Å². The van der Waals surface area contributed by atoms with Crippen molar-refractivity contribution >= 4 is 16.3 Å². The maximum Gasteiger partial charge on any atom is 0.397 e. The quantitative estimate of drug-likeness (QED) is 0.165. The van der Waals surface area contributed by atoms with Crippen LogP contribution >= 0.6 is 0 Å². The van der Waals surface area contributed by atoms with Gasteiger partial charge in [-0.2, -0.15) is 8.42 Å². The van der Waals surface area contributed by atoms with Crippen LogP contribution in [0.5, 0.6) is 0 Å². The van der Waals surface area contributed by atoms with E-state index in [1.807, 2.05) is 5.43 Å². The molecule has 0 aromatic rings. The van der Waals surface area contributed by atoms with E-state index in [0.29, 0.717) is 0 Å². The van der Waals surface area contributed by atoms with Crippen LogP contribution in [0.2, 0.25) is 0 Å². The van der Waals surface area contributed by atoms with Gasteiger partial charge in [0.05, 0.1) is 7.11 Å². The molecular formula is C4H10N2O5S. The van der Waals surface area contributed by atoms with Crippen LogP contribution in [0.1, 0.15) is 0 Å². The molecule has 0 aliphatic heterocycles. The van der Waals surface area contributed by atoms with Crippen LogP contribution in [0, 0.1) is 0 Å². The number of carbonyl (C=O) groups is 1. The highest BCUT2D eigenvalue weighted by molar-refractivity contribution is 7.80. The van der Waals surface area contributed by atoms with Crippen LogP contribution in [0.3, 0.4) is 0 Å². The van der Waals surface area contributed by atoms with Crippen molar-refractivity contribution in [1.82, 2.24) is 5.43 Å². The molecule has 0 rings (SSSR count). The average molecular weight is 198 g/mol. The van der Waals surface area contributed by atoms with Gasteiger partial charge < -0.3 is 0 Å². The zero-order valence-corrected chi connectivity index (χ0v) is 7.17. The summed E-state index contributed by atoms with van der Waals surface area (Å²) in [6.07, 6.45) is 1.10. The van der Waals surface area contributed by atoms with Crippen molar-refractivity contribution in [1.29, 1.82) is 0 Å². The zero-order valence-electron chi connectivity index (χ0n) is 6.35. The summed E-state index contributed by atoms with van der Waals surface area (Å²) in [5.41, 5.74) is 1.86. The first-order valence-electron chi connectivity index (χ1n) is 2.53. The Hall–Kier alpha value is -0.960. The lowest BCUT2D eigenvalue weighted by Gasteiger charge is -1.82. The monoisotopic (exact) mass is 198 g/mol. The van der Waals surface area contributed by atoms with Gasteiger partial charge in [0.15, 0.2) is 0 Å². The second-order valence-corrected chi connectivity index (χ2v) is 2.50. The second kappa shape index (κ2) is 6.73. The third-order valence-corrected chi connectivity index (χ3v) is 0.960. The van der Waals surface area contributed by atoms with E-state index in [1.54, 1.807) is 0 Å². The number of nitrogens with two attached hydrogens (primary N) is 1. The van der Waals surface area contributed by atoms with Crippen molar-refractivity contribution in [2.75, 3.05) is 7.11 Å². The molecule has 12 heavy (non-hydrogen) atoms. The molecule has 0 radical (unpaired) electrons. The molecule has 0 bridgehead atoms. The van der Waals surface area contributed by atoms with Gasteiger partial charge >= 0.3 is 10.4 Å². The normalized spacial score (nSPS) is 9.25. The largest absolute Gasteiger partial charge is 0.397 e. The van der Waals surface area contributed by atoms with Gasteiger partial charge in [0.25, 0.3) is 5.91 Å². The first kappa shape index (κ1) is 13.6. The summed E-state index contributed by atoms with van der Waals surface area (Å²) in [5.74, 6) is 4.25. The van der Waals surface area contributed by atoms with Gasteiger partial charge in [0.1, 0.15) is 0 Å². The Morgan fingerprint density at radius 1 is 1.75 bits per heavy atom. The van der Waals surface area contributed by atoms with E-state index >= 15 is 0 Å². The molecule has 0 aromatic heterocycles. The van der Waals surface area contributed by atoms with Crippen LogP contribution in [0.25, 0.3) is 0 Å². The Morgan fingerprint density at radius 3 is 2.08 bits per heavy atom. The van der Waals surface area contributed by atoms with Crippen molar-refractivity contribution in [3.63, 3.8) is 0 Å². The van der Waals surface area contributed by atoms with E-state index < -0.39 is 10.4 Å². The fourth-order valence-corrected chi connectivity index (χ4v) is 0.0589. The molecule has 0 saturated carbocycles. The molecule has 4 N–H and O–H groups in total. The highest BCUT2D eigenvalue weighted by atomic mass is 32.3. The molecule has 1 amide bonds. The summed E-state index contributed by atoms with van der Waals surface area (Å²) in [4.78, 5) is 9.83. The van der Waals surface area contributed by atoms with Gasteiger partial charge in [0.2, 0.25) is 0 Å². The van der Waals surface area contributed by atoms with Gasteiger partial charge in [-0.15, -0.1) is 0 Å². The second-order valence-electron chi connectivity index (χ2n) is 1.31. The van der Waals surface area contributed by atoms with Crippen LogP contribution < -0.4 is 11.3 Å². The van der Waals surface area contributed by atoms with Crippen molar-refractivity contribution in [2.24, 2.45) is 5.84 Å². The lowest BCUT2D eigenvalue weighted by atomic mass is 10.6. The van der Waals surface area contributed by atoms with E-state index in [-0.39, 0.29) is 5.91 Å². The summed E-state index contributed by atoms with van der Waals surface area (Å²) in [6.45, 7) is 3.14. The molecule has 0 atom stereocenters. The minimum absolute atomic E-state index is 0.366. The molecule has 8 heteroatoms. The van der Waals surface area contributed by atoms with Gasteiger partial charge in [-0.3, -0.25) is 19.0 Å². The molecule has 72 valence electrons. The van der Waals surface area contributed by atoms with Crippen LogP contribution in [0.4, 0.5) is 0 Å². The summed E-state index contributed by atoms with van der Waals surface area (Å²) >= 11 is 0. The van der Waals surface area contributed by atoms with Crippen molar-refractivity contribution in [2.45, 2.75) is 0 Å². The molecule has 0 fully saturated rings. The van der Waals surface area contributed by atoms with Crippen LogP contribution in [-0.2, 0) is 19.4 Å². The molecular weight excluding hydrogens is 188 g/mol. The number of amides is 1. The lowest BCUT2D eigenvalue weighted by molar-refractivity contribution is -0.116. The predicted octanol–water partition coefficient (Wildman–Crippen LogP) is -1.40. The molecule has 0 aromatic carbocycles. The highest BCUT2D eigenvalue weighted by Gasteiger charge is 1.94. The third kappa shape index (κ3) is 16.0. The Kier molecular flexibility index (Phi) is 7.64. The Bertz CT molecular complexity index is 234. The molecule has 0 saturated heterocycles. The smallest absolute Gasteiger partial charge is 0.291 e. The summed E-state index contributed by atoms with van der Waals surface area (Å²) in [7, 11) is -3.29. The van der Waals surface area contributed by atoms with E-state index in [4.69, 9.17) is 4.55 Å². The van der Waals surface area contributed by atoms with Gasteiger partial charge in [-0.1, -0.05) is 6.58 Å². The number of nitrogens with one attached hydrogen (secondary N) is 1. The zero-order chi connectivity index (χ0) is 10.2. The van der Waals surface area contributed by atoms with E-state index in [2.05, 4.69) is 16.6 Å². The topological polar surface area (TPSA) is 119 Å². The van der Waals surface area contributed by atoms with E-state index in [1.165, 1.54) is 0 Å². The first-order chi connectivity index (χ1) is 5.37. The minimum atomic E-state index is -4.16. The number of rotatable bonds is 2. The molecule has 0 aliphatic carbocycles. The number of hydrazine groups is 1. The van der Waals surface area contributed by atoms with Crippen molar-refractivity contribution in [3.05, 3.63) is 12.7 Å². The number of carbonyl (C=O) groups excluding carboxylic acids is 1. The molecule has 0 unspecified atom stereocenters. The Balaban J connectivity index is 0. The van der Waals surface area contributed by atoms with Crippen LogP contribution in [-0.4, -0.2) is 26.0 Å². The number of hydrogen-bond donors (Lipinski definition) is 3. The standard InChI is InChI=1S/C3H6N2O.CH4O4S/c1-2-3(6)5-4;1-5-6(2,3)4/h2H,1,4H2,(H,5,6);1H3,(H,2,3,4). The summed E-state index contributed by atoms with van der Waals surface area (Å²) < 4.78 is 29.7. The maximum atomic E-state index is 9.83. The predicted molar refractivity (Wildman–Crippen MR) is 41.1 cm³/mol. The fraction of sp³-hybridized carbons (Fsp3) is 0.250. The minimum Gasteiger partial charge on any atom is -0.291 e. The van der Waals surface area contributed by atoms with Gasteiger partial charge in [0, 0.05) is 0 Å². The molecule has 7 nitrogen and oxygen atoms in total. The molecule has 0 spiro atoms. The Morgan fingerprint density at radius 2 is 2.08 bits per heavy atom. The SMILES string of the molecule is C=CC(=O)NN.COS(=O)(=O)O. The summed E-state index contributed by atoms with van der Waals surface area (Å²) in [6, 6.07) is 0. The summed E-state index contributed by atoms with van der Waals surface area (Å²) in [5, 5.41) is 0. The third-order valence-electron chi connectivity index (χ3n) is 0.538. The Labute approximate surface area is 70.1 Å². The highest BCUT2D eigenvalue weighted by Crippen LogP contribution is 1.74. The van der Waals surface area contributed by atoms with E-state index in [0.717, 1.165) is 13.2 Å². The number of hydrogen-bond acceptors (Lipinski definition) is 5.